The van der Waals surface area contributed by atoms with Gasteiger partial charge in [-0.1, -0.05) is 5.57 Å². The summed E-state index contributed by atoms with van der Waals surface area (Å²) in [4.78, 5) is 11.2. The van der Waals surface area contributed by atoms with Gasteiger partial charge < -0.3 is 0 Å². The van der Waals surface area contributed by atoms with Crippen molar-refractivity contribution in [2.75, 3.05) is 0 Å². The van der Waals surface area contributed by atoms with Crippen LogP contribution in [0, 0.1) is 23.2 Å². The SMILES string of the molecule is CC1=C([C@H]2C[C@@H]2C#N)CCC1=O. The first-order valence-electron chi connectivity index (χ1n) is 4.36. The maximum atomic E-state index is 11.2. The van der Waals surface area contributed by atoms with E-state index in [-0.39, 0.29) is 11.7 Å². The van der Waals surface area contributed by atoms with Crippen LogP contribution in [0.5, 0.6) is 0 Å². The summed E-state index contributed by atoms with van der Waals surface area (Å²) in [5.74, 6) is 0.927. The molecule has 0 amide bonds. The predicted octanol–water partition coefficient (Wildman–Crippen LogP) is 1.83. The zero-order chi connectivity index (χ0) is 8.72. The zero-order valence-electron chi connectivity index (χ0n) is 7.13. The average molecular weight is 161 g/mol. The summed E-state index contributed by atoms with van der Waals surface area (Å²) < 4.78 is 0. The average Bonchev–Trinajstić information content (AvgIpc) is 2.77. The molecule has 0 radical (unpaired) electrons. The van der Waals surface area contributed by atoms with E-state index in [9.17, 15) is 4.79 Å². The number of Topliss-reactive ketones (excluding diaryl/α,β-unsaturated/α-hetero) is 1. The molecule has 2 rings (SSSR count). The molecule has 0 unspecified atom stereocenters. The molecule has 2 nitrogen and oxygen atoms in total. The van der Waals surface area contributed by atoms with Crippen LogP contribution in [0.25, 0.3) is 0 Å². The largest absolute Gasteiger partial charge is 0.295 e. The van der Waals surface area contributed by atoms with E-state index >= 15 is 0 Å². The van der Waals surface area contributed by atoms with Crippen molar-refractivity contribution in [1.82, 2.24) is 0 Å². The Labute approximate surface area is 71.9 Å². The van der Waals surface area contributed by atoms with Crippen molar-refractivity contribution in [1.29, 1.82) is 5.26 Å². The smallest absolute Gasteiger partial charge is 0.158 e. The van der Waals surface area contributed by atoms with Crippen LogP contribution in [0.15, 0.2) is 11.1 Å². The molecule has 0 spiro atoms. The number of ketones is 1. The van der Waals surface area contributed by atoms with Gasteiger partial charge in [0.15, 0.2) is 5.78 Å². The zero-order valence-corrected chi connectivity index (χ0v) is 7.13. The van der Waals surface area contributed by atoms with Gasteiger partial charge in [0.2, 0.25) is 0 Å². The van der Waals surface area contributed by atoms with Crippen molar-refractivity contribution in [3.8, 4) is 6.07 Å². The van der Waals surface area contributed by atoms with Crippen molar-refractivity contribution >= 4 is 5.78 Å². The number of hydrogen-bond acceptors (Lipinski definition) is 2. The molecule has 0 N–H and O–H groups in total. The van der Waals surface area contributed by atoms with Gasteiger partial charge >= 0.3 is 0 Å². The Hall–Kier alpha value is -1.10. The van der Waals surface area contributed by atoms with Crippen LogP contribution in [0.1, 0.15) is 26.2 Å². The number of nitriles is 1. The minimum Gasteiger partial charge on any atom is -0.295 e. The lowest BCUT2D eigenvalue weighted by molar-refractivity contribution is -0.114. The molecule has 2 aliphatic rings. The highest BCUT2D eigenvalue weighted by atomic mass is 16.1. The monoisotopic (exact) mass is 161 g/mol. The Balaban J connectivity index is 2.17. The topological polar surface area (TPSA) is 40.9 Å². The second kappa shape index (κ2) is 2.45. The second-order valence-corrected chi connectivity index (χ2v) is 3.65. The van der Waals surface area contributed by atoms with E-state index in [4.69, 9.17) is 5.26 Å². The number of nitrogens with zero attached hydrogens (tertiary/aromatic N) is 1. The van der Waals surface area contributed by atoms with E-state index in [1.54, 1.807) is 0 Å². The van der Waals surface area contributed by atoms with Crippen LogP contribution < -0.4 is 0 Å². The molecular weight excluding hydrogens is 150 g/mol. The van der Waals surface area contributed by atoms with E-state index in [1.807, 2.05) is 6.92 Å². The van der Waals surface area contributed by atoms with Gasteiger partial charge in [0.25, 0.3) is 0 Å². The van der Waals surface area contributed by atoms with Gasteiger partial charge in [0.05, 0.1) is 12.0 Å². The van der Waals surface area contributed by atoms with Gasteiger partial charge in [-0.2, -0.15) is 5.26 Å². The van der Waals surface area contributed by atoms with Crippen LogP contribution in [-0.4, -0.2) is 5.78 Å². The highest BCUT2D eigenvalue weighted by Crippen LogP contribution is 2.48. The van der Waals surface area contributed by atoms with Crippen molar-refractivity contribution in [3.05, 3.63) is 11.1 Å². The first-order chi connectivity index (χ1) is 5.74. The van der Waals surface area contributed by atoms with Crippen LogP contribution in [-0.2, 0) is 4.79 Å². The molecule has 1 fully saturated rings. The Kier molecular flexibility index (Phi) is 1.54. The molecule has 12 heavy (non-hydrogen) atoms. The lowest BCUT2D eigenvalue weighted by Crippen LogP contribution is -1.91. The normalized spacial score (nSPS) is 33.8. The van der Waals surface area contributed by atoms with Crippen LogP contribution in [0.4, 0.5) is 0 Å². The van der Waals surface area contributed by atoms with Crippen molar-refractivity contribution < 1.29 is 4.79 Å². The van der Waals surface area contributed by atoms with E-state index in [0.29, 0.717) is 12.3 Å². The second-order valence-electron chi connectivity index (χ2n) is 3.65. The van der Waals surface area contributed by atoms with Gasteiger partial charge in [-0.25, -0.2) is 0 Å². The molecule has 0 aromatic rings. The number of carbonyl (C=O) groups is 1. The Bertz CT molecular complexity index is 308. The van der Waals surface area contributed by atoms with Crippen LogP contribution in [0.2, 0.25) is 0 Å². The summed E-state index contributed by atoms with van der Waals surface area (Å²) in [7, 11) is 0. The van der Waals surface area contributed by atoms with Gasteiger partial charge in [-0.15, -0.1) is 0 Å². The van der Waals surface area contributed by atoms with Gasteiger partial charge in [-0.3, -0.25) is 4.79 Å². The third-order valence-electron chi connectivity index (χ3n) is 2.93. The minimum absolute atomic E-state index is 0.209. The molecule has 2 heteroatoms. The number of carbonyl (C=O) groups excluding carboxylic acids is 1. The fraction of sp³-hybridized carbons (Fsp3) is 0.600. The van der Waals surface area contributed by atoms with Gasteiger partial charge in [0, 0.05) is 6.42 Å². The summed E-state index contributed by atoms with van der Waals surface area (Å²) in [6.07, 6.45) is 2.57. The molecule has 0 saturated heterocycles. The molecular formula is C10H11NO. The third kappa shape index (κ3) is 0.972. The van der Waals surface area contributed by atoms with E-state index < -0.39 is 0 Å². The standard InChI is InChI=1S/C10H11NO/c1-6-8(2-3-10(6)12)9-4-7(9)5-11/h7,9H,2-4H2,1H3/t7-,9+/m1/s1. The maximum Gasteiger partial charge on any atom is 0.158 e. The Morgan fingerprint density at radius 3 is 2.67 bits per heavy atom. The van der Waals surface area contributed by atoms with Crippen molar-refractivity contribution in [2.45, 2.75) is 26.2 Å². The molecule has 0 aromatic heterocycles. The van der Waals surface area contributed by atoms with Crippen molar-refractivity contribution in [3.63, 3.8) is 0 Å². The number of allylic oxidation sites excluding steroid dienone is 2. The van der Waals surface area contributed by atoms with Crippen molar-refractivity contribution in [2.24, 2.45) is 11.8 Å². The molecule has 2 aliphatic carbocycles. The Morgan fingerprint density at radius 2 is 2.25 bits per heavy atom. The lowest BCUT2D eigenvalue weighted by Gasteiger charge is -1.97. The summed E-state index contributed by atoms with van der Waals surface area (Å²) >= 11 is 0. The molecule has 0 aliphatic heterocycles. The van der Waals surface area contributed by atoms with E-state index in [2.05, 4.69) is 6.07 Å². The molecule has 1 saturated carbocycles. The highest BCUT2D eigenvalue weighted by molar-refractivity contribution is 5.98. The first kappa shape index (κ1) is 7.54. The third-order valence-corrected chi connectivity index (χ3v) is 2.93. The molecule has 2 atom stereocenters. The molecule has 0 aromatic carbocycles. The predicted molar refractivity (Wildman–Crippen MR) is 44.2 cm³/mol. The fourth-order valence-electron chi connectivity index (χ4n) is 1.99. The fourth-order valence-corrected chi connectivity index (χ4v) is 1.99. The van der Waals surface area contributed by atoms with Crippen LogP contribution >= 0.6 is 0 Å². The van der Waals surface area contributed by atoms with Gasteiger partial charge in [0.1, 0.15) is 0 Å². The lowest BCUT2D eigenvalue weighted by atomic mass is 10.1. The number of hydrogen-bond donors (Lipinski definition) is 0. The highest BCUT2D eigenvalue weighted by Gasteiger charge is 2.42. The first-order valence-corrected chi connectivity index (χ1v) is 4.36. The van der Waals surface area contributed by atoms with Crippen LogP contribution in [0.3, 0.4) is 0 Å². The van der Waals surface area contributed by atoms with E-state index in [1.165, 1.54) is 5.57 Å². The summed E-state index contributed by atoms with van der Waals surface area (Å²) in [5.41, 5.74) is 2.21. The maximum absolute atomic E-state index is 11.2. The summed E-state index contributed by atoms with van der Waals surface area (Å²) in [5, 5.41) is 8.63. The van der Waals surface area contributed by atoms with Gasteiger partial charge in [-0.05, 0) is 31.3 Å². The molecule has 62 valence electrons. The number of rotatable bonds is 1. The summed E-state index contributed by atoms with van der Waals surface area (Å²) in [6, 6.07) is 2.26. The Morgan fingerprint density at radius 1 is 1.50 bits per heavy atom. The minimum atomic E-state index is 0.209. The molecule has 0 bridgehead atoms. The summed E-state index contributed by atoms with van der Waals surface area (Å²) in [6.45, 7) is 1.90. The quantitative estimate of drug-likeness (QED) is 0.588. The molecule has 0 heterocycles. The van der Waals surface area contributed by atoms with E-state index in [0.717, 1.165) is 18.4 Å².